The largest absolute Gasteiger partial charge is 0.481 e. The quantitative estimate of drug-likeness (QED) is 0.704. The molecule has 16 heavy (non-hydrogen) atoms. The summed E-state index contributed by atoms with van der Waals surface area (Å²) >= 11 is 0. The molecule has 0 aliphatic rings. The van der Waals surface area contributed by atoms with E-state index in [-0.39, 0.29) is 0 Å². The molecule has 1 atom stereocenters. The summed E-state index contributed by atoms with van der Waals surface area (Å²) < 4.78 is 0. The molecule has 1 rings (SSSR count). The number of hydrogen-bond donors (Lipinski definition) is 3. The van der Waals surface area contributed by atoms with Crippen LogP contribution < -0.4 is 5.73 Å². The second-order valence-electron chi connectivity index (χ2n) is 3.15. The third kappa shape index (κ3) is 7.52. The Morgan fingerprint density at radius 1 is 1.25 bits per heavy atom. The Hall–Kier alpha value is -1.88. The Kier molecular flexibility index (Phi) is 6.55. The Balaban J connectivity index is 0.000000487. The van der Waals surface area contributed by atoms with Gasteiger partial charge in [-0.2, -0.15) is 0 Å². The van der Waals surface area contributed by atoms with Crippen LogP contribution in [0.4, 0.5) is 0 Å². The molecule has 0 bridgehead atoms. The van der Waals surface area contributed by atoms with Gasteiger partial charge < -0.3 is 15.9 Å². The van der Waals surface area contributed by atoms with Crippen molar-refractivity contribution in [1.82, 2.24) is 0 Å². The molecule has 0 heterocycles. The predicted molar refractivity (Wildman–Crippen MR) is 59.1 cm³/mol. The van der Waals surface area contributed by atoms with Gasteiger partial charge in [0.1, 0.15) is 6.04 Å². The van der Waals surface area contributed by atoms with E-state index in [1.54, 1.807) is 0 Å². The Labute approximate surface area is 93.5 Å². The molecule has 0 saturated carbocycles. The first-order valence-electron chi connectivity index (χ1n) is 4.65. The van der Waals surface area contributed by atoms with Gasteiger partial charge in [-0.05, 0) is 12.0 Å². The molecule has 5 heteroatoms. The lowest BCUT2D eigenvalue weighted by Crippen LogP contribution is -2.32. The molecular weight excluding hydrogens is 210 g/mol. The molecule has 5 nitrogen and oxygen atoms in total. The van der Waals surface area contributed by atoms with E-state index >= 15 is 0 Å². The molecule has 0 fully saturated rings. The molecule has 4 N–H and O–H groups in total. The third-order valence-corrected chi connectivity index (χ3v) is 1.62. The summed E-state index contributed by atoms with van der Waals surface area (Å²) in [4.78, 5) is 19.4. The highest BCUT2D eigenvalue weighted by Gasteiger charge is 2.10. The number of benzene rings is 1. The van der Waals surface area contributed by atoms with E-state index in [0.717, 1.165) is 12.5 Å². The normalized spacial score (nSPS) is 10.9. The second-order valence-corrected chi connectivity index (χ2v) is 3.15. The fourth-order valence-electron chi connectivity index (χ4n) is 0.955. The maximum absolute atomic E-state index is 10.4. The van der Waals surface area contributed by atoms with Crippen LogP contribution in [0.5, 0.6) is 0 Å². The highest BCUT2D eigenvalue weighted by molar-refractivity contribution is 5.73. The van der Waals surface area contributed by atoms with Gasteiger partial charge in [-0.25, -0.2) is 0 Å². The number of rotatable bonds is 3. The van der Waals surface area contributed by atoms with Crippen molar-refractivity contribution in [2.24, 2.45) is 5.73 Å². The van der Waals surface area contributed by atoms with Crippen molar-refractivity contribution in [3.63, 3.8) is 0 Å². The van der Waals surface area contributed by atoms with Crippen LogP contribution in [-0.2, 0) is 16.0 Å². The van der Waals surface area contributed by atoms with E-state index in [9.17, 15) is 4.79 Å². The Morgan fingerprint density at radius 2 is 1.69 bits per heavy atom. The molecule has 0 aliphatic carbocycles. The number of carboxylic acid groups (broad SMARTS) is 2. The van der Waals surface area contributed by atoms with Gasteiger partial charge in [0.05, 0.1) is 0 Å². The van der Waals surface area contributed by atoms with Gasteiger partial charge in [-0.15, -0.1) is 0 Å². The van der Waals surface area contributed by atoms with Gasteiger partial charge in [0, 0.05) is 6.92 Å². The van der Waals surface area contributed by atoms with Crippen LogP contribution in [0.3, 0.4) is 0 Å². The van der Waals surface area contributed by atoms with Crippen molar-refractivity contribution in [2.45, 2.75) is 19.4 Å². The summed E-state index contributed by atoms with van der Waals surface area (Å²) in [5.41, 5.74) is 6.30. The standard InChI is InChI=1S/C9H11NO2.C2H4O2/c10-8(9(11)12)6-7-4-2-1-3-5-7;1-2(3)4/h1-5,8H,6,10H2,(H,11,12);1H3,(H,3,4). The van der Waals surface area contributed by atoms with E-state index in [1.165, 1.54) is 0 Å². The molecule has 0 spiro atoms. The molecule has 0 amide bonds. The molecule has 1 unspecified atom stereocenters. The average molecular weight is 225 g/mol. The highest BCUT2D eigenvalue weighted by Crippen LogP contribution is 2.01. The van der Waals surface area contributed by atoms with Gasteiger partial charge in [-0.1, -0.05) is 30.3 Å². The fourth-order valence-corrected chi connectivity index (χ4v) is 0.955. The SMILES string of the molecule is CC(=O)O.NC(Cc1ccccc1)C(=O)O. The van der Waals surface area contributed by atoms with Crippen molar-refractivity contribution < 1.29 is 19.8 Å². The predicted octanol–water partition coefficient (Wildman–Crippen LogP) is 0.732. The van der Waals surface area contributed by atoms with Crippen LogP contribution in [0.2, 0.25) is 0 Å². The lowest BCUT2D eigenvalue weighted by atomic mass is 10.1. The molecule has 0 radical (unpaired) electrons. The Morgan fingerprint density at radius 3 is 2.06 bits per heavy atom. The van der Waals surface area contributed by atoms with E-state index in [1.807, 2.05) is 30.3 Å². The van der Waals surface area contributed by atoms with E-state index in [4.69, 9.17) is 20.7 Å². The van der Waals surface area contributed by atoms with Crippen LogP contribution in [0.25, 0.3) is 0 Å². The van der Waals surface area contributed by atoms with E-state index in [2.05, 4.69) is 0 Å². The topological polar surface area (TPSA) is 101 Å². The molecule has 0 aliphatic heterocycles. The average Bonchev–Trinajstić information content (AvgIpc) is 2.18. The first-order valence-corrected chi connectivity index (χ1v) is 4.65. The first-order chi connectivity index (χ1) is 7.43. The third-order valence-electron chi connectivity index (χ3n) is 1.62. The number of nitrogens with two attached hydrogens (primary N) is 1. The van der Waals surface area contributed by atoms with Crippen LogP contribution in [0.15, 0.2) is 30.3 Å². The van der Waals surface area contributed by atoms with Crippen LogP contribution in [0, 0.1) is 0 Å². The summed E-state index contributed by atoms with van der Waals surface area (Å²) in [6.07, 6.45) is 0.385. The number of carbonyl (C=O) groups is 2. The zero-order valence-corrected chi connectivity index (χ0v) is 8.96. The van der Waals surface area contributed by atoms with Gasteiger partial charge >= 0.3 is 5.97 Å². The van der Waals surface area contributed by atoms with Gasteiger partial charge in [0.25, 0.3) is 5.97 Å². The first kappa shape index (κ1) is 14.1. The van der Waals surface area contributed by atoms with Crippen molar-refractivity contribution in [1.29, 1.82) is 0 Å². The second kappa shape index (κ2) is 7.42. The summed E-state index contributed by atoms with van der Waals surface area (Å²) in [5.74, 6) is -1.79. The summed E-state index contributed by atoms with van der Waals surface area (Å²) in [6, 6.07) is 8.54. The minimum atomic E-state index is -0.959. The van der Waals surface area contributed by atoms with Gasteiger partial charge in [0.2, 0.25) is 0 Å². The molecular formula is C11H15NO4. The highest BCUT2D eigenvalue weighted by atomic mass is 16.4. The molecule has 1 aromatic rings. The van der Waals surface area contributed by atoms with Crippen molar-refractivity contribution in [3.05, 3.63) is 35.9 Å². The molecule has 1 aromatic carbocycles. The monoisotopic (exact) mass is 225 g/mol. The maximum atomic E-state index is 10.4. The fraction of sp³-hybridized carbons (Fsp3) is 0.273. The van der Waals surface area contributed by atoms with Crippen molar-refractivity contribution in [2.75, 3.05) is 0 Å². The molecule has 0 saturated heterocycles. The summed E-state index contributed by atoms with van der Waals surface area (Å²) in [6.45, 7) is 1.08. The minimum Gasteiger partial charge on any atom is -0.481 e. The van der Waals surface area contributed by atoms with Crippen LogP contribution in [-0.4, -0.2) is 28.2 Å². The van der Waals surface area contributed by atoms with Crippen LogP contribution >= 0.6 is 0 Å². The van der Waals surface area contributed by atoms with E-state index in [0.29, 0.717) is 6.42 Å². The van der Waals surface area contributed by atoms with Crippen molar-refractivity contribution in [3.8, 4) is 0 Å². The number of aliphatic carboxylic acids is 2. The minimum absolute atomic E-state index is 0.385. The van der Waals surface area contributed by atoms with E-state index < -0.39 is 18.0 Å². The molecule has 0 aromatic heterocycles. The Bertz CT molecular complexity index is 333. The summed E-state index contributed by atoms with van der Waals surface area (Å²) in [7, 11) is 0. The maximum Gasteiger partial charge on any atom is 0.320 e. The lowest BCUT2D eigenvalue weighted by Gasteiger charge is -2.04. The lowest BCUT2D eigenvalue weighted by molar-refractivity contribution is -0.138. The number of hydrogen-bond acceptors (Lipinski definition) is 3. The number of carboxylic acids is 2. The zero-order chi connectivity index (χ0) is 12.6. The smallest absolute Gasteiger partial charge is 0.320 e. The van der Waals surface area contributed by atoms with Gasteiger partial charge in [-0.3, -0.25) is 9.59 Å². The zero-order valence-electron chi connectivity index (χ0n) is 8.96. The van der Waals surface area contributed by atoms with Crippen molar-refractivity contribution >= 4 is 11.9 Å². The summed E-state index contributed by atoms with van der Waals surface area (Å²) in [5, 5.41) is 15.9. The molecule has 88 valence electrons. The van der Waals surface area contributed by atoms with Gasteiger partial charge in [0.15, 0.2) is 0 Å². The van der Waals surface area contributed by atoms with Crippen LogP contribution in [0.1, 0.15) is 12.5 Å².